The highest BCUT2D eigenvalue weighted by Gasteiger charge is 2.33. The average molecular weight is 312 g/mol. The predicted octanol–water partition coefficient (Wildman–Crippen LogP) is 2.71. The Morgan fingerprint density at radius 1 is 1.38 bits per heavy atom. The summed E-state index contributed by atoms with van der Waals surface area (Å²) in [6.07, 6.45) is 2.84. The van der Waals surface area contributed by atoms with Crippen LogP contribution in [-0.2, 0) is 10.0 Å². The average Bonchev–Trinajstić information content (AvgIpc) is 3.22. The van der Waals surface area contributed by atoms with E-state index in [0.717, 1.165) is 19.3 Å². The Bertz CT molecular complexity index is 638. The number of nitro benzene ring substituents is 1. The van der Waals surface area contributed by atoms with Gasteiger partial charge < -0.3 is 0 Å². The van der Waals surface area contributed by atoms with Crippen molar-refractivity contribution in [2.75, 3.05) is 13.1 Å². The molecule has 1 saturated carbocycles. The highest BCUT2D eigenvalue weighted by atomic mass is 32.2. The summed E-state index contributed by atoms with van der Waals surface area (Å²) in [6.45, 7) is 4.38. The summed E-state index contributed by atoms with van der Waals surface area (Å²) in [5.74, 6) is 0.435. The molecule has 7 heteroatoms. The molecule has 1 fully saturated rings. The van der Waals surface area contributed by atoms with E-state index in [1.54, 1.807) is 0 Å². The molecule has 1 aliphatic carbocycles. The van der Waals surface area contributed by atoms with Crippen LogP contribution in [0, 0.1) is 23.0 Å². The molecule has 6 nitrogen and oxygen atoms in total. The summed E-state index contributed by atoms with van der Waals surface area (Å²) in [4.78, 5) is 10.5. The maximum atomic E-state index is 12.8. The molecule has 0 heterocycles. The zero-order valence-corrected chi connectivity index (χ0v) is 13.1. The molecule has 1 aliphatic rings. The van der Waals surface area contributed by atoms with Crippen molar-refractivity contribution >= 4 is 15.7 Å². The van der Waals surface area contributed by atoms with Crippen molar-refractivity contribution < 1.29 is 13.3 Å². The molecule has 21 heavy (non-hydrogen) atoms. The Hall–Kier alpha value is -1.47. The van der Waals surface area contributed by atoms with Crippen LogP contribution in [0.25, 0.3) is 0 Å². The molecule has 0 radical (unpaired) electrons. The highest BCUT2D eigenvalue weighted by Crippen LogP contribution is 2.33. The first-order valence-electron chi connectivity index (χ1n) is 7.12. The summed E-state index contributed by atoms with van der Waals surface area (Å²) in [6, 6.07) is 4.21. The summed E-state index contributed by atoms with van der Waals surface area (Å²) >= 11 is 0. The molecule has 0 N–H and O–H groups in total. The van der Waals surface area contributed by atoms with E-state index in [1.807, 2.05) is 6.92 Å². The molecular weight excluding hydrogens is 292 g/mol. The van der Waals surface area contributed by atoms with Gasteiger partial charge in [-0.25, -0.2) is 8.42 Å². The second-order valence-electron chi connectivity index (χ2n) is 5.46. The van der Waals surface area contributed by atoms with Gasteiger partial charge in [-0.3, -0.25) is 10.1 Å². The van der Waals surface area contributed by atoms with Crippen LogP contribution >= 0.6 is 0 Å². The van der Waals surface area contributed by atoms with Crippen LogP contribution < -0.4 is 0 Å². The maximum absolute atomic E-state index is 12.8. The molecule has 1 aromatic carbocycles. The molecular formula is C14H20N2O4S. The van der Waals surface area contributed by atoms with Gasteiger partial charge in [0.25, 0.3) is 5.69 Å². The van der Waals surface area contributed by atoms with Gasteiger partial charge in [-0.15, -0.1) is 0 Å². The zero-order valence-electron chi connectivity index (χ0n) is 12.3. The van der Waals surface area contributed by atoms with Gasteiger partial charge in [0.15, 0.2) is 0 Å². The van der Waals surface area contributed by atoms with Gasteiger partial charge in [0.1, 0.15) is 0 Å². The Morgan fingerprint density at radius 3 is 2.57 bits per heavy atom. The van der Waals surface area contributed by atoms with Crippen LogP contribution in [-0.4, -0.2) is 30.7 Å². The lowest BCUT2D eigenvalue weighted by Crippen LogP contribution is -2.34. The monoisotopic (exact) mass is 312 g/mol. The van der Waals surface area contributed by atoms with Crippen molar-refractivity contribution in [3.8, 4) is 0 Å². The summed E-state index contributed by atoms with van der Waals surface area (Å²) in [7, 11) is -3.68. The minimum Gasteiger partial charge on any atom is -0.258 e. The van der Waals surface area contributed by atoms with Crippen LogP contribution in [0.1, 0.15) is 31.7 Å². The molecule has 2 rings (SSSR count). The van der Waals surface area contributed by atoms with E-state index in [-0.39, 0.29) is 16.1 Å². The first-order valence-corrected chi connectivity index (χ1v) is 8.56. The van der Waals surface area contributed by atoms with Crippen molar-refractivity contribution in [2.24, 2.45) is 5.92 Å². The molecule has 0 unspecified atom stereocenters. The lowest BCUT2D eigenvalue weighted by molar-refractivity contribution is -0.385. The standard InChI is InChI=1S/C14H20N2O4S/c1-3-9-15(10-12-7-8-12)21(19,20)14-6-4-5-13(11(14)2)16(17)18/h4-6,12H,3,7-10H2,1-2H3. The second-order valence-corrected chi connectivity index (χ2v) is 7.37. The minimum absolute atomic E-state index is 0.0470. The Labute approximate surface area is 125 Å². The second kappa shape index (κ2) is 6.11. The first-order chi connectivity index (χ1) is 9.87. The Kier molecular flexibility index (Phi) is 4.63. The summed E-state index contributed by atoms with van der Waals surface area (Å²) in [5.41, 5.74) is 0.0540. The lowest BCUT2D eigenvalue weighted by Gasteiger charge is -2.22. The lowest BCUT2D eigenvalue weighted by atomic mass is 10.2. The smallest absolute Gasteiger partial charge is 0.258 e. The number of nitro groups is 1. The Morgan fingerprint density at radius 2 is 2.05 bits per heavy atom. The largest absolute Gasteiger partial charge is 0.273 e. The van der Waals surface area contributed by atoms with Gasteiger partial charge in [0.2, 0.25) is 10.0 Å². The van der Waals surface area contributed by atoms with E-state index in [4.69, 9.17) is 0 Å². The number of hydrogen-bond donors (Lipinski definition) is 0. The zero-order chi connectivity index (χ0) is 15.6. The van der Waals surface area contributed by atoms with E-state index >= 15 is 0 Å². The molecule has 0 bridgehead atoms. The van der Waals surface area contributed by atoms with Crippen molar-refractivity contribution in [1.82, 2.24) is 4.31 Å². The van der Waals surface area contributed by atoms with Crippen LogP contribution in [0.3, 0.4) is 0 Å². The van der Waals surface area contributed by atoms with Crippen molar-refractivity contribution in [3.63, 3.8) is 0 Å². The number of benzene rings is 1. The van der Waals surface area contributed by atoms with Crippen LogP contribution in [0.5, 0.6) is 0 Å². The molecule has 0 saturated heterocycles. The Balaban J connectivity index is 2.41. The number of hydrogen-bond acceptors (Lipinski definition) is 4. The van der Waals surface area contributed by atoms with Crippen molar-refractivity contribution in [1.29, 1.82) is 0 Å². The third-order valence-corrected chi connectivity index (χ3v) is 5.71. The van der Waals surface area contributed by atoms with E-state index in [0.29, 0.717) is 19.0 Å². The van der Waals surface area contributed by atoms with Gasteiger partial charge in [-0.05, 0) is 38.2 Å². The summed E-state index contributed by atoms with van der Waals surface area (Å²) < 4.78 is 27.0. The topological polar surface area (TPSA) is 80.5 Å². The number of nitrogens with zero attached hydrogens (tertiary/aromatic N) is 2. The van der Waals surface area contributed by atoms with E-state index < -0.39 is 14.9 Å². The van der Waals surface area contributed by atoms with Crippen molar-refractivity contribution in [2.45, 2.75) is 38.0 Å². The van der Waals surface area contributed by atoms with E-state index in [2.05, 4.69) is 0 Å². The molecule has 0 amide bonds. The van der Waals surface area contributed by atoms with Gasteiger partial charge in [0.05, 0.1) is 9.82 Å². The van der Waals surface area contributed by atoms with Gasteiger partial charge in [-0.1, -0.05) is 13.0 Å². The third-order valence-electron chi connectivity index (χ3n) is 3.70. The molecule has 1 aromatic rings. The van der Waals surface area contributed by atoms with Crippen molar-refractivity contribution in [3.05, 3.63) is 33.9 Å². The number of sulfonamides is 1. The van der Waals surface area contributed by atoms with Crippen LogP contribution in [0.2, 0.25) is 0 Å². The molecule has 116 valence electrons. The SMILES string of the molecule is CCCN(CC1CC1)S(=O)(=O)c1cccc([N+](=O)[O-])c1C. The molecule has 0 aromatic heterocycles. The minimum atomic E-state index is -3.68. The van der Waals surface area contributed by atoms with E-state index in [9.17, 15) is 18.5 Å². The fourth-order valence-electron chi connectivity index (χ4n) is 2.37. The molecule has 0 aliphatic heterocycles. The third kappa shape index (κ3) is 3.41. The first kappa shape index (κ1) is 15.9. The fraction of sp³-hybridized carbons (Fsp3) is 0.571. The maximum Gasteiger partial charge on any atom is 0.273 e. The fourth-order valence-corrected chi connectivity index (χ4v) is 4.22. The normalized spacial score (nSPS) is 15.4. The highest BCUT2D eigenvalue weighted by molar-refractivity contribution is 7.89. The van der Waals surface area contributed by atoms with Gasteiger partial charge >= 0.3 is 0 Å². The molecule has 0 atom stereocenters. The van der Waals surface area contributed by atoms with E-state index in [1.165, 1.54) is 29.4 Å². The summed E-state index contributed by atoms with van der Waals surface area (Å²) in [5, 5.41) is 11.0. The van der Waals surface area contributed by atoms with Crippen LogP contribution in [0.15, 0.2) is 23.1 Å². The molecule has 0 spiro atoms. The predicted molar refractivity (Wildman–Crippen MR) is 79.6 cm³/mol. The number of rotatable bonds is 7. The van der Waals surface area contributed by atoms with Crippen LogP contribution in [0.4, 0.5) is 5.69 Å². The van der Waals surface area contributed by atoms with Gasteiger partial charge in [-0.2, -0.15) is 4.31 Å². The van der Waals surface area contributed by atoms with Gasteiger partial charge in [0, 0.05) is 24.7 Å². The quantitative estimate of drug-likeness (QED) is 0.572.